The third-order valence-corrected chi connectivity index (χ3v) is 5.31. The molecule has 1 aromatic carbocycles. The zero-order valence-corrected chi connectivity index (χ0v) is 21.1. The van der Waals surface area contributed by atoms with E-state index >= 15 is 0 Å². The van der Waals surface area contributed by atoms with E-state index in [9.17, 15) is 14.4 Å². The highest BCUT2D eigenvalue weighted by molar-refractivity contribution is 5.83. The second-order valence-corrected chi connectivity index (χ2v) is 10.7. The quantitative estimate of drug-likeness (QED) is 0.594. The lowest BCUT2D eigenvalue weighted by molar-refractivity contribution is -0.146. The van der Waals surface area contributed by atoms with Crippen LogP contribution in [0.25, 0.3) is 0 Å². The minimum absolute atomic E-state index is 0.0371. The van der Waals surface area contributed by atoms with Gasteiger partial charge in [0.1, 0.15) is 17.4 Å². The second kappa shape index (κ2) is 10.4. The molecule has 0 bridgehead atoms. The number of esters is 1. The van der Waals surface area contributed by atoms with E-state index in [1.165, 1.54) is 12.0 Å². The molecular formula is C25H38N2O6. The average molecular weight is 463 g/mol. The van der Waals surface area contributed by atoms with Gasteiger partial charge < -0.3 is 19.1 Å². The number of benzene rings is 1. The van der Waals surface area contributed by atoms with E-state index in [0.29, 0.717) is 18.7 Å². The topological polar surface area (TPSA) is 85.4 Å². The lowest BCUT2D eigenvalue weighted by Crippen LogP contribution is -2.45. The third-order valence-electron chi connectivity index (χ3n) is 5.31. The van der Waals surface area contributed by atoms with Gasteiger partial charge in [0, 0.05) is 25.9 Å². The van der Waals surface area contributed by atoms with Crippen molar-refractivity contribution in [2.45, 2.75) is 78.6 Å². The first-order valence-corrected chi connectivity index (χ1v) is 11.2. The first kappa shape index (κ1) is 26.5. The van der Waals surface area contributed by atoms with Crippen molar-refractivity contribution in [2.75, 3.05) is 20.8 Å². The van der Waals surface area contributed by atoms with Crippen LogP contribution in [-0.2, 0) is 25.6 Å². The molecule has 1 heterocycles. The van der Waals surface area contributed by atoms with Crippen LogP contribution in [0, 0.1) is 5.41 Å². The summed E-state index contributed by atoms with van der Waals surface area (Å²) in [6.07, 6.45) is 0.0270. The molecule has 1 aromatic rings. The number of carbonyl (C=O) groups excluding carboxylic acids is 3. The highest BCUT2D eigenvalue weighted by Crippen LogP contribution is 2.30. The molecule has 0 N–H and O–H groups in total. The molecule has 0 saturated carbocycles. The Balaban J connectivity index is 2.36. The SMILES string of the molecule is COC(=O)[C@@H]1C[C@H](N(Cc2cccc(OC)c2)C(=O)CC(C)(C)C)CN1C(=O)OC(C)(C)C. The van der Waals surface area contributed by atoms with Crippen molar-refractivity contribution in [3.8, 4) is 5.75 Å². The molecule has 8 heteroatoms. The van der Waals surface area contributed by atoms with Gasteiger partial charge in [-0.3, -0.25) is 9.69 Å². The van der Waals surface area contributed by atoms with Crippen molar-refractivity contribution in [1.29, 1.82) is 0 Å². The minimum atomic E-state index is -0.815. The zero-order valence-electron chi connectivity index (χ0n) is 21.1. The van der Waals surface area contributed by atoms with Gasteiger partial charge in [-0.2, -0.15) is 0 Å². The number of methoxy groups -OCH3 is 2. The summed E-state index contributed by atoms with van der Waals surface area (Å²) in [5.74, 6) is 0.142. The maximum absolute atomic E-state index is 13.4. The zero-order chi connectivity index (χ0) is 25.0. The monoisotopic (exact) mass is 462 g/mol. The fraction of sp³-hybridized carbons (Fsp3) is 0.640. The number of ether oxygens (including phenoxy) is 3. The molecule has 2 rings (SSSR count). The lowest BCUT2D eigenvalue weighted by Gasteiger charge is -2.32. The van der Waals surface area contributed by atoms with E-state index < -0.39 is 23.7 Å². The van der Waals surface area contributed by atoms with Gasteiger partial charge in [-0.1, -0.05) is 32.9 Å². The van der Waals surface area contributed by atoms with Crippen LogP contribution in [0.5, 0.6) is 5.75 Å². The predicted molar refractivity (Wildman–Crippen MR) is 125 cm³/mol. The Bertz CT molecular complexity index is 855. The van der Waals surface area contributed by atoms with Crippen LogP contribution in [0.4, 0.5) is 4.79 Å². The molecule has 0 spiro atoms. The van der Waals surface area contributed by atoms with Crippen molar-refractivity contribution in [2.24, 2.45) is 5.41 Å². The van der Waals surface area contributed by atoms with Crippen LogP contribution >= 0.6 is 0 Å². The summed E-state index contributed by atoms with van der Waals surface area (Å²) in [5.41, 5.74) is -0.0189. The normalized spacial score (nSPS) is 18.6. The van der Waals surface area contributed by atoms with E-state index in [1.807, 2.05) is 45.0 Å². The van der Waals surface area contributed by atoms with E-state index in [4.69, 9.17) is 14.2 Å². The Labute approximate surface area is 197 Å². The summed E-state index contributed by atoms with van der Waals surface area (Å²) in [6, 6.07) is 6.36. The van der Waals surface area contributed by atoms with Crippen molar-refractivity contribution >= 4 is 18.0 Å². The number of carbonyl (C=O) groups is 3. The number of amides is 2. The molecule has 1 saturated heterocycles. The Morgan fingerprint density at radius 2 is 1.76 bits per heavy atom. The average Bonchev–Trinajstić information content (AvgIpc) is 3.14. The summed E-state index contributed by atoms with van der Waals surface area (Å²) in [6.45, 7) is 11.9. The summed E-state index contributed by atoms with van der Waals surface area (Å²) >= 11 is 0. The smallest absolute Gasteiger partial charge is 0.411 e. The van der Waals surface area contributed by atoms with Crippen LogP contribution in [-0.4, -0.2) is 66.2 Å². The first-order chi connectivity index (χ1) is 15.2. The molecule has 8 nitrogen and oxygen atoms in total. The third kappa shape index (κ3) is 7.65. The van der Waals surface area contributed by atoms with Gasteiger partial charge in [0.25, 0.3) is 0 Å². The lowest BCUT2D eigenvalue weighted by atomic mass is 9.91. The van der Waals surface area contributed by atoms with E-state index in [2.05, 4.69) is 0 Å². The van der Waals surface area contributed by atoms with Gasteiger partial charge in [0.05, 0.1) is 20.3 Å². The van der Waals surface area contributed by atoms with Crippen LogP contribution in [0.3, 0.4) is 0 Å². The molecule has 0 radical (unpaired) electrons. The Hall–Kier alpha value is -2.77. The van der Waals surface area contributed by atoms with Crippen LogP contribution in [0.1, 0.15) is 59.9 Å². The first-order valence-electron chi connectivity index (χ1n) is 11.2. The fourth-order valence-corrected chi connectivity index (χ4v) is 3.87. The van der Waals surface area contributed by atoms with Crippen molar-refractivity contribution in [1.82, 2.24) is 9.80 Å². The molecule has 33 heavy (non-hydrogen) atoms. The Kier molecular flexibility index (Phi) is 8.38. The predicted octanol–water partition coefficient (Wildman–Crippen LogP) is 4.01. The summed E-state index contributed by atoms with van der Waals surface area (Å²) in [4.78, 5) is 41.9. The largest absolute Gasteiger partial charge is 0.497 e. The van der Waals surface area contributed by atoms with Crippen molar-refractivity contribution in [3.63, 3.8) is 0 Å². The van der Waals surface area contributed by atoms with Crippen LogP contribution < -0.4 is 4.74 Å². The van der Waals surface area contributed by atoms with Crippen LogP contribution in [0.15, 0.2) is 24.3 Å². The summed E-state index contributed by atoms with van der Waals surface area (Å²) in [5, 5.41) is 0. The number of hydrogen-bond acceptors (Lipinski definition) is 6. The summed E-state index contributed by atoms with van der Waals surface area (Å²) < 4.78 is 15.8. The molecule has 0 aliphatic carbocycles. The van der Waals surface area contributed by atoms with Crippen LogP contribution in [0.2, 0.25) is 0 Å². The van der Waals surface area contributed by atoms with Gasteiger partial charge in [-0.05, 0) is 43.9 Å². The molecule has 1 fully saturated rings. The highest BCUT2D eigenvalue weighted by Gasteiger charge is 2.45. The molecule has 1 aliphatic rings. The number of nitrogens with zero attached hydrogens (tertiary/aromatic N) is 2. The van der Waals surface area contributed by atoms with Gasteiger partial charge >= 0.3 is 12.1 Å². The molecule has 1 aliphatic heterocycles. The van der Waals surface area contributed by atoms with E-state index in [0.717, 1.165) is 5.56 Å². The molecule has 0 aromatic heterocycles. The number of rotatable bonds is 6. The maximum Gasteiger partial charge on any atom is 0.411 e. The molecule has 184 valence electrons. The molecular weight excluding hydrogens is 424 g/mol. The second-order valence-electron chi connectivity index (χ2n) is 10.7. The van der Waals surface area contributed by atoms with E-state index in [-0.39, 0.29) is 30.3 Å². The molecule has 2 amide bonds. The Morgan fingerprint density at radius 3 is 2.30 bits per heavy atom. The van der Waals surface area contributed by atoms with Gasteiger partial charge in [-0.15, -0.1) is 0 Å². The van der Waals surface area contributed by atoms with Crippen molar-refractivity contribution < 1.29 is 28.6 Å². The molecule has 2 atom stereocenters. The number of likely N-dealkylation sites (tertiary alicyclic amines) is 1. The minimum Gasteiger partial charge on any atom is -0.497 e. The summed E-state index contributed by atoms with van der Waals surface area (Å²) in [7, 11) is 2.89. The van der Waals surface area contributed by atoms with Crippen molar-refractivity contribution in [3.05, 3.63) is 29.8 Å². The standard InChI is InChI=1S/C25H38N2O6/c1-24(2,3)14-21(28)26(15-17-10-9-11-19(12-17)31-7)18-13-20(22(29)32-8)27(16-18)23(30)33-25(4,5)6/h9-12,18,20H,13-16H2,1-8H3/t18-,20-/m0/s1. The van der Waals surface area contributed by atoms with Gasteiger partial charge in [0.2, 0.25) is 5.91 Å². The fourth-order valence-electron chi connectivity index (χ4n) is 3.87. The Morgan fingerprint density at radius 1 is 1.09 bits per heavy atom. The van der Waals surface area contributed by atoms with Gasteiger partial charge in [0.15, 0.2) is 0 Å². The molecule has 0 unspecified atom stereocenters. The van der Waals surface area contributed by atoms with Gasteiger partial charge in [-0.25, -0.2) is 9.59 Å². The maximum atomic E-state index is 13.4. The highest BCUT2D eigenvalue weighted by atomic mass is 16.6. The number of hydrogen-bond donors (Lipinski definition) is 0. The van der Waals surface area contributed by atoms with E-state index in [1.54, 1.807) is 32.8 Å².